The van der Waals surface area contributed by atoms with Crippen LogP contribution < -0.4 is 0 Å². The van der Waals surface area contributed by atoms with Gasteiger partial charge in [-0.1, -0.05) is 65.3 Å². The smallest absolute Gasteiger partial charge is 0.123 e. The largest absolute Gasteiger partial charge is 0.507 e. The van der Waals surface area contributed by atoms with Crippen LogP contribution in [0.5, 0.6) is 5.75 Å². The van der Waals surface area contributed by atoms with Gasteiger partial charge in [-0.2, -0.15) is 0 Å². The lowest BCUT2D eigenvalue weighted by Crippen LogP contribution is -2.11. The van der Waals surface area contributed by atoms with Crippen molar-refractivity contribution in [2.24, 2.45) is 0 Å². The molecular formula is C24H34O2. The molecular weight excluding hydrogens is 320 g/mol. The van der Waals surface area contributed by atoms with E-state index in [1.807, 2.05) is 25.1 Å². The standard InChI is InChI=1S/C24H34O2/c1-7-8-11-18-20(15(2)3)14-21(16(4)5)23(17(6)25)24(18)19-12-9-10-13-22(19)26/h9-10,12-17,25-26H,7-8,11H2,1-6H3. The lowest BCUT2D eigenvalue weighted by atomic mass is 9.78. The Hall–Kier alpha value is -1.80. The Balaban J connectivity index is 2.96. The normalized spacial score (nSPS) is 12.8. The number of unbranched alkanes of at least 4 members (excludes halogenated alkanes) is 1. The summed E-state index contributed by atoms with van der Waals surface area (Å²) in [7, 11) is 0. The fourth-order valence-corrected chi connectivity index (χ4v) is 3.84. The van der Waals surface area contributed by atoms with Crippen LogP contribution >= 0.6 is 0 Å². The summed E-state index contributed by atoms with van der Waals surface area (Å²) in [6.07, 6.45) is 2.60. The summed E-state index contributed by atoms with van der Waals surface area (Å²) in [6.45, 7) is 12.8. The number of aliphatic hydroxyl groups excluding tert-OH is 1. The number of phenols is 1. The van der Waals surface area contributed by atoms with Crippen LogP contribution in [0.3, 0.4) is 0 Å². The zero-order valence-corrected chi connectivity index (χ0v) is 17.1. The molecule has 0 amide bonds. The molecule has 0 aliphatic rings. The third-order valence-electron chi connectivity index (χ3n) is 5.16. The van der Waals surface area contributed by atoms with E-state index in [0.717, 1.165) is 36.0 Å². The molecule has 2 nitrogen and oxygen atoms in total. The van der Waals surface area contributed by atoms with Crippen LogP contribution in [0.4, 0.5) is 0 Å². The first kappa shape index (κ1) is 20.5. The highest BCUT2D eigenvalue weighted by Gasteiger charge is 2.25. The molecule has 0 fully saturated rings. The molecule has 26 heavy (non-hydrogen) atoms. The first-order valence-corrected chi connectivity index (χ1v) is 9.95. The number of hydrogen-bond donors (Lipinski definition) is 2. The third kappa shape index (κ3) is 4.12. The molecule has 2 rings (SSSR count). The van der Waals surface area contributed by atoms with E-state index in [2.05, 4.69) is 40.7 Å². The van der Waals surface area contributed by atoms with Crippen molar-refractivity contribution >= 4 is 0 Å². The van der Waals surface area contributed by atoms with Crippen molar-refractivity contribution in [2.45, 2.75) is 78.7 Å². The Morgan fingerprint density at radius 2 is 1.54 bits per heavy atom. The number of aliphatic hydroxyl groups is 1. The fraction of sp³-hybridized carbons (Fsp3) is 0.500. The molecule has 0 heterocycles. The molecule has 0 bridgehead atoms. The average molecular weight is 355 g/mol. The van der Waals surface area contributed by atoms with Gasteiger partial charge in [0.1, 0.15) is 5.75 Å². The Morgan fingerprint density at radius 1 is 0.923 bits per heavy atom. The summed E-state index contributed by atoms with van der Waals surface area (Å²) in [5.74, 6) is 0.983. The van der Waals surface area contributed by atoms with Gasteiger partial charge in [-0.3, -0.25) is 0 Å². The van der Waals surface area contributed by atoms with Gasteiger partial charge >= 0.3 is 0 Å². The van der Waals surface area contributed by atoms with Crippen LogP contribution in [-0.2, 0) is 6.42 Å². The second-order valence-electron chi connectivity index (χ2n) is 7.93. The summed E-state index contributed by atoms with van der Waals surface area (Å²) in [5, 5.41) is 21.3. The van der Waals surface area contributed by atoms with Gasteiger partial charge in [0.2, 0.25) is 0 Å². The van der Waals surface area contributed by atoms with Crippen molar-refractivity contribution in [1.82, 2.24) is 0 Å². The molecule has 1 unspecified atom stereocenters. The van der Waals surface area contributed by atoms with Crippen molar-refractivity contribution in [2.75, 3.05) is 0 Å². The van der Waals surface area contributed by atoms with Crippen molar-refractivity contribution in [3.05, 3.63) is 52.6 Å². The third-order valence-corrected chi connectivity index (χ3v) is 5.16. The van der Waals surface area contributed by atoms with Crippen LogP contribution in [0.1, 0.15) is 94.6 Å². The van der Waals surface area contributed by atoms with E-state index in [-0.39, 0.29) is 5.75 Å². The predicted octanol–water partition coefficient (Wildman–Crippen LogP) is 6.70. The quantitative estimate of drug-likeness (QED) is 0.580. The van der Waals surface area contributed by atoms with Gasteiger partial charge in [0.15, 0.2) is 0 Å². The molecule has 142 valence electrons. The molecule has 2 aromatic rings. The molecule has 0 aliphatic heterocycles. The molecule has 2 heteroatoms. The first-order valence-electron chi connectivity index (χ1n) is 9.95. The molecule has 1 atom stereocenters. The molecule has 0 saturated heterocycles. The van der Waals surface area contributed by atoms with Crippen LogP contribution in [0, 0.1) is 0 Å². The lowest BCUT2D eigenvalue weighted by Gasteiger charge is -2.27. The van der Waals surface area contributed by atoms with Crippen LogP contribution in [0.15, 0.2) is 30.3 Å². The maximum absolute atomic E-state index is 10.7. The van der Waals surface area contributed by atoms with E-state index in [9.17, 15) is 10.2 Å². The molecule has 2 N–H and O–H groups in total. The van der Waals surface area contributed by atoms with Gasteiger partial charge in [-0.05, 0) is 65.5 Å². The van der Waals surface area contributed by atoms with Crippen LogP contribution in [-0.4, -0.2) is 10.2 Å². The SMILES string of the molecule is CCCCc1c(C(C)C)cc(C(C)C)c(C(C)O)c1-c1ccccc1O. The van der Waals surface area contributed by atoms with E-state index in [0.29, 0.717) is 11.8 Å². The number of para-hydroxylation sites is 1. The lowest BCUT2D eigenvalue weighted by molar-refractivity contribution is 0.198. The maximum atomic E-state index is 10.7. The Morgan fingerprint density at radius 3 is 2.04 bits per heavy atom. The van der Waals surface area contributed by atoms with Crippen LogP contribution in [0.2, 0.25) is 0 Å². The predicted molar refractivity (Wildman–Crippen MR) is 111 cm³/mol. The average Bonchev–Trinajstić information content (AvgIpc) is 2.58. The van der Waals surface area contributed by atoms with Crippen molar-refractivity contribution < 1.29 is 10.2 Å². The minimum atomic E-state index is -0.580. The second-order valence-corrected chi connectivity index (χ2v) is 7.93. The highest BCUT2D eigenvalue weighted by molar-refractivity contribution is 5.79. The fourth-order valence-electron chi connectivity index (χ4n) is 3.84. The summed E-state index contributed by atoms with van der Waals surface area (Å²) < 4.78 is 0. The summed E-state index contributed by atoms with van der Waals surface area (Å²) >= 11 is 0. The van der Waals surface area contributed by atoms with Crippen molar-refractivity contribution in [3.63, 3.8) is 0 Å². The second kappa shape index (κ2) is 8.73. The highest BCUT2D eigenvalue weighted by Crippen LogP contribution is 2.44. The Bertz CT molecular complexity index is 742. The van der Waals surface area contributed by atoms with Gasteiger partial charge in [-0.25, -0.2) is 0 Å². The van der Waals surface area contributed by atoms with Gasteiger partial charge in [0, 0.05) is 5.56 Å². The van der Waals surface area contributed by atoms with Crippen molar-refractivity contribution in [1.29, 1.82) is 0 Å². The monoisotopic (exact) mass is 354 g/mol. The zero-order chi connectivity index (χ0) is 19.4. The Kier molecular flexibility index (Phi) is 6.88. The number of aromatic hydroxyl groups is 1. The van der Waals surface area contributed by atoms with E-state index in [4.69, 9.17) is 0 Å². The van der Waals surface area contributed by atoms with Gasteiger partial charge in [0.05, 0.1) is 6.10 Å². The first-order chi connectivity index (χ1) is 12.3. The molecule has 0 saturated carbocycles. The number of rotatable bonds is 7. The Labute approximate surface area is 158 Å². The van der Waals surface area contributed by atoms with Gasteiger partial charge < -0.3 is 10.2 Å². The maximum Gasteiger partial charge on any atom is 0.123 e. The van der Waals surface area contributed by atoms with E-state index in [1.54, 1.807) is 6.07 Å². The molecule has 0 radical (unpaired) electrons. The molecule has 2 aromatic carbocycles. The molecule has 0 aromatic heterocycles. The van der Waals surface area contributed by atoms with Crippen LogP contribution in [0.25, 0.3) is 11.1 Å². The minimum Gasteiger partial charge on any atom is -0.507 e. The number of hydrogen-bond acceptors (Lipinski definition) is 2. The minimum absolute atomic E-state index is 0.280. The van der Waals surface area contributed by atoms with E-state index >= 15 is 0 Å². The van der Waals surface area contributed by atoms with E-state index < -0.39 is 6.10 Å². The van der Waals surface area contributed by atoms with Gasteiger partial charge in [-0.15, -0.1) is 0 Å². The highest BCUT2D eigenvalue weighted by atomic mass is 16.3. The summed E-state index contributed by atoms with van der Waals surface area (Å²) in [4.78, 5) is 0. The molecule has 0 spiro atoms. The summed E-state index contributed by atoms with van der Waals surface area (Å²) in [6, 6.07) is 9.82. The molecule has 0 aliphatic carbocycles. The summed E-state index contributed by atoms with van der Waals surface area (Å²) in [5.41, 5.74) is 6.65. The van der Waals surface area contributed by atoms with E-state index in [1.165, 1.54) is 16.7 Å². The van der Waals surface area contributed by atoms with Gasteiger partial charge in [0.25, 0.3) is 0 Å². The van der Waals surface area contributed by atoms with Crippen molar-refractivity contribution in [3.8, 4) is 16.9 Å². The zero-order valence-electron chi connectivity index (χ0n) is 17.1. The number of phenolic OH excluding ortho intramolecular Hbond substituents is 1. The number of benzene rings is 2. The topological polar surface area (TPSA) is 40.5 Å².